The van der Waals surface area contributed by atoms with Crippen molar-refractivity contribution in [1.29, 1.82) is 0 Å². The van der Waals surface area contributed by atoms with Gasteiger partial charge in [0, 0.05) is 29.4 Å². The molecule has 3 heteroatoms. The van der Waals surface area contributed by atoms with Crippen LogP contribution in [0.3, 0.4) is 0 Å². The second-order valence-electron chi connectivity index (χ2n) is 4.30. The van der Waals surface area contributed by atoms with Crippen molar-refractivity contribution in [3.8, 4) is 0 Å². The van der Waals surface area contributed by atoms with E-state index in [1.54, 1.807) is 0 Å². The van der Waals surface area contributed by atoms with E-state index < -0.39 is 0 Å². The molecule has 90 valence electrons. The van der Waals surface area contributed by atoms with Crippen LogP contribution < -0.4 is 4.90 Å². The minimum absolute atomic E-state index is 0.462. The molecule has 0 atom stereocenters. The number of nitrogens with zero attached hydrogens (tertiary/aromatic N) is 1. The van der Waals surface area contributed by atoms with Gasteiger partial charge in [0.25, 0.3) is 0 Å². The third kappa shape index (κ3) is 3.29. The lowest BCUT2D eigenvalue weighted by Crippen LogP contribution is -2.28. The molecule has 0 aliphatic rings. The fraction of sp³-hybridized carbons (Fsp3) is 0.538. The number of benzene rings is 1. The predicted molar refractivity (Wildman–Crippen MR) is 73.7 cm³/mol. The van der Waals surface area contributed by atoms with Crippen LogP contribution in [0.15, 0.2) is 18.2 Å². The van der Waals surface area contributed by atoms with Crippen molar-refractivity contribution in [3.63, 3.8) is 0 Å². The number of hydrogen-bond donors (Lipinski definition) is 0. The Morgan fingerprint density at radius 1 is 1.31 bits per heavy atom. The number of alkyl halides is 1. The van der Waals surface area contributed by atoms with E-state index >= 15 is 0 Å². The first-order chi connectivity index (χ1) is 7.60. The van der Waals surface area contributed by atoms with Crippen LogP contribution in [-0.2, 0) is 5.88 Å². The van der Waals surface area contributed by atoms with E-state index in [0.717, 1.165) is 23.7 Å². The van der Waals surface area contributed by atoms with E-state index in [1.165, 1.54) is 5.69 Å². The summed E-state index contributed by atoms with van der Waals surface area (Å²) in [5.74, 6) is 1.09. The van der Waals surface area contributed by atoms with Crippen LogP contribution >= 0.6 is 23.2 Å². The van der Waals surface area contributed by atoms with Crippen molar-refractivity contribution >= 4 is 28.9 Å². The summed E-state index contributed by atoms with van der Waals surface area (Å²) in [6.07, 6.45) is 0. The van der Waals surface area contributed by atoms with Crippen LogP contribution in [0.4, 0.5) is 5.69 Å². The highest BCUT2D eigenvalue weighted by atomic mass is 35.5. The Kier molecular flexibility index (Phi) is 5.43. The maximum absolute atomic E-state index is 6.16. The zero-order valence-corrected chi connectivity index (χ0v) is 11.6. The van der Waals surface area contributed by atoms with Gasteiger partial charge in [-0.2, -0.15) is 0 Å². The Hall–Kier alpha value is -0.400. The molecule has 16 heavy (non-hydrogen) atoms. The zero-order chi connectivity index (χ0) is 12.1. The van der Waals surface area contributed by atoms with Gasteiger partial charge in [-0.3, -0.25) is 0 Å². The van der Waals surface area contributed by atoms with Crippen LogP contribution in [0.2, 0.25) is 5.02 Å². The van der Waals surface area contributed by atoms with Crippen molar-refractivity contribution in [2.45, 2.75) is 26.7 Å². The van der Waals surface area contributed by atoms with Crippen LogP contribution in [0.5, 0.6) is 0 Å². The minimum atomic E-state index is 0.462. The maximum Gasteiger partial charge on any atom is 0.0509 e. The van der Waals surface area contributed by atoms with E-state index in [4.69, 9.17) is 23.2 Å². The lowest BCUT2D eigenvalue weighted by atomic mass is 10.1. The van der Waals surface area contributed by atoms with Gasteiger partial charge in [0.2, 0.25) is 0 Å². The van der Waals surface area contributed by atoms with Gasteiger partial charge >= 0.3 is 0 Å². The first-order valence-electron chi connectivity index (χ1n) is 5.68. The van der Waals surface area contributed by atoms with Gasteiger partial charge in [-0.25, -0.2) is 0 Å². The topological polar surface area (TPSA) is 3.24 Å². The summed E-state index contributed by atoms with van der Waals surface area (Å²) < 4.78 is 0. The number of hydrogen-bond acceptors (Lipinski definition) is 1. The van der Waals surface area contributed by atoms with E-state index in [9.17, 15) is 0 Å². The molecule has 0 radical (unpaired) electrons. The first-order valence-corrected chi connectivity index (χ1v) is 6.59. The van der Waals surface area contributed by atoms with E-state index in [-0.39, 0.29) is 0 Å². The summed E-state index contributed by atoms with van der Waals surface area (Å²) in [7, 11) is 0. The van der Waals surface area contributed by atoms with Gasteiger partial charge in [-0.15, -0.1) is 11.6 Å². The molecular weight excluding hydrogens is 241 g/mol. The predicted octanol–water partition coefficient (Wildman–Crippen LogP) is 4.56. The smallest absolute Gasteiger partial charge is 0.0509 e. The average Bonchev–Trinajstić information content (AvgIpc) is 2.25. The van der Waals surface area contributed by atoms with Crippen LogP contribution in [-0.4, -0.2) is 13.1 Å². The third-order valence-corrected chi connectivity index (χ3v) is 3.16. The molecule has 0 saturated carbocycles. The minimum Gasteiger partial charge on any atom is -0.371 e. The molecule has 0 aliphatic heterocycles. The number of halogens is 2. The van der Waals surface area contributed by atoms with Crippen molar-refractivity contribution in [2.75, 3.05) is 18.0 Å². The average molecular weight is 260 g/mol. The Balaban J connectivity index is 3.04. The summed E-state index contributed by atoms with van der Waals surface area (Å²) in [5.41, 5.74) is 2.20. The van der Waals surface area contributed by atoms with Crippen molar-refractivity contribution in [3.05, 3.63) is 28.8 Å². The highest BCUT2D eigenvalue weighted by Crippen LogP contribution is 2.29. The fourth-order valence-electron chi connectivity index (χ4n) is 1.81. The Morgan fingerprint density at radius 3 is 2.50 bits per heavy atom. The molecule has 0 N–H and O–H groups in total. The van der Waals surface area contributed by atoms with E-state index in [0.29, 0.717) is 11.8 Å². The summed E-state index contributed by atoms with van der Waals surface area (Å²) >= 11 is 12.1. The summed E-state index contributed by atoms with van der Waals surface area (Å²) in [6, 6.07) is 5.97. The summed E-state index contributed by atoms with van der Waals surface area (Å²) in [4.78, 5) is 2.33. The standard InChI is InChI=1S/C13H19Cl2N/c1-4-16(9-10(2)3)13-7-5-6-12(15)11(13)8-14/h5-7,10H,4,8-9H2,1-3H3. The molecule has 1 aromatic rings. The normalized spacial score (nSPS) is 10.9. The first kappa shape index (κ1) is 13.7. The molecule has 0 fully saturated rings. The van der Waals surface area contributed by atoms with Crippen molar-refractivity contribution in [2.24, 2.45) is 5.92 Å². The van der Waals surface area contributed by atoms with Gasteiger partial charge in [0.05, 0.1) is 5.88 Å². The van der Waals surface area contributed by atoms with Gasteiger partial charge in [-0.1, -0.05) is 31.5 Å². The number of anilines is 1. The van der Waals surface area contributed by atoms with Crippen LogP contribution in [0, 0.1) is 5.92 Å². The largest absolute Gasteiger partial charge is 0.371 e. The van der Waals surface area contributed by atoms with Gasteiger partial charge < -0.3 is 4.90 Å². The van der Waals surface area contributed by atoms with Crippen LogP contribution in [0.1, 0.15) is 26.3 Å². The lowest BCUT2D eigenvalue weighted by molar-refractivity contribution is 0.618. The molecule has 0 spiro atoms. The van der Waals surface area contributed by atoms with Crippen LogP contribution in [0.25, 0.3) is 0 Å². The van der Waals surface area contributed by atoms with Gasteiger partial charge in [0.1, 0.15) is 0 Å². The van der Waals surface area contributed by atoms with Crippen molar-refractivity contribution in [1.82, 2.24) is 0 Å². The van der Waals surface area contributed by atoms with Crippen molar-refractivity contribution < 1.29 is 0 Å². The summed E-state index contributed by atoms with van der Waals surface area (Å²) in [6.45, 7) is 8.59. The fourth-order valence-corrected chi connectivity index (χ4v) is 2.40. The maximum atomic E-state index is 6.16. The molecule has 1 rings (SSSR count). The van der Waals surface area contributed by atoms with E-state index in [2.05, 4.69) is 31.7 Å². The zero-order valence-electron chi connectivity index (χ0n) is 10.1. The molecule has 0 aromatic heterocycles. The second-order valence-corrected chi connectivity index (χ2v) is 4.98. The Morgan fingerprint density at radius 2 is 2.00 bits per heavy atom. The Bertz CT molecular complexity index is 337. The lowest BCUT2D eigenvalue weighted by Gasteiger charge is -2.27. The van der Waals surface area contributed by atoms with E-state index in [1.807, 2.05) is 12.1 Å². The Labute approximate surface area is 108 Å². The summed E-state index contributed by atoms with van der Waals surface area (Å²) in [5, 5.41) is 0.759. The molecule has 0 amide bonds. The number of rotatable bonds is 5. The molecular formula is C13H19Cl2N. The highest BCUT2D eigenvalue weighted by molar-refractivity contribution is 6.32. The van der Waals surface area contributed by atoms with Gasteiger partial charge in [-0.05, 0) is 25.0 Å². The molecule has 0 saturated heterocycles. The molecule has 0 unspecified atom stereocenters. The highest BCUT2D eigenvalue weighted by Gasteiger charge is 2.12. The second kappa shape index (κ2) is 6.36. The molecule has 0 aliphatic carbocycles. The molecule has 1 nitrogen and oxygen atoms in total. The molecule has 0 bridgehead atoms. The SMILES string of the molecule is CCN(CC(C)C)c1cccc(Cl)c1CCl. The van der Waals surface area contributed by atoms with Gasteiger partial charge in [0.15, 0.2) is 0 Å². The monoisotopic (exact) mass is 259 g/mol. The third-order valence-electron chi connectivity index (χ3n) is 2.54. The quantitative estimate of drug-likeness (QED) is 0.701. The molecule has 0 heterocycles. The molecule has 1 aromatic carbocycles.